The lowest BCUT2D eigenvalue weighted by atomic mass is 9.91. The van der Waals surface area contributed by atoms with Crippen LogP contribution in [0.4, 0.5) is 5.69 Å². The molecule has 0 radical (unpaired) electrons. The molecule has 1 saturated heterocycles. The highest BCUT2D eigenvalue weighted by Crippen LogP contribution is 2.42. The van der Waals surface area contributed by atoms with Crippen LogP contribution in [0.1, 0.15) is 36.6 Å². The molecule has 0 atom stereocenters. The lowest BCUT2D eigenvalue weighted by Gasteiger charge is -2.32. The Kier molecular flexibility index (Phi) is 8.11. The standard InChI is InChI=1S/C35H37N7O3/c1-39(2)42(35(45)22-8-5-4-6-9-22)29-11-7-10-24(21-36)30(29)26-14-15-27(33(37)43)32-31(26)25-13-12-23(20-28(25)38-32)34(44)41-18-16-40(3)17-19-41/h4-15,20,38H,16-19,21,36H2,1-3H3,(H2,37,43). The van der Waals surface area contributed by atoms with Crippen molar-refractivity contribution in [2.24, 2.45) is 11.5 Å². The predicted molar refractivity (Wildman–Crippen MR) is 178 cm³/mol. The van der Waals surface area contributed by atoms with E-state index in [9.17, 15) is 14.4 Å². The summed E-state index contributed by atoms with van der Waals surface area (Å²) in [6, 6.07) is 24.0. The number of nitrogens with two attached hydrogens (primary N) is 2. The quantitative estimate of drug-likeness (QED) is 0.241. The Balaban J connectivity index is 1.57. The van der Waals surface area contributed by atoms with Gasteiger partial charge < -0.3 is 26.3 Å². The zero-order chi connectivity index (χ0) is 31.8. The lowest BCUT2D eigenvalue weighted by molar-refractivity contribution is 0.0664. The largest absolute Gasteiger partial charge is 0.366 e. The first kappa shape index (κ1) is 30.0. The summed E-state index contributed by atoms with van der Waals surface area (Å²) in [6.07, 6.45) is 0. The fourth-order valence-corrected chi connectivity index (χ4v) is 6.21. The van der Waals surface area contributed by atoms with E-state index in [1.165, 1.54) is 0 Å². The smallest absolute Gasteiger partial charge is 0.272 e. The molecular formula is C35H37N7O3. The summed E-state index contributed by atoms with van der Waals surface area (Å²) in [5, 5.41) is 4.95. The molecule has 1 aliphatic heterocycles. The van der Waals surface area contributed by atoms with Crippen LogP contribution in [0.5, 0.6) is 0 Å². The van der Waals surface area contributed by atoms with Gasteiger partial charge in [-0.1, -0.05) is 42.5 Å². The summed E-state index contributed by atoms with van der Waals surface area (Å²) in [5.41, 5.74) is 17.9. The third kappa shape index (κ3) is 5.44. The first-order chi connectivity index (χ1) is 21.7. The molecular weight excluding hydrogens is 566 g/mol. The summed E-state index contributed by atoms with van der Waals surface area (Å²) in [6.45, 7) is 3.20. The van der Waals surface area contributed by atoms with Gasteiger partial charge in [-0.2, -0.15) is 0 Å². The van der Waals surface area contributed by atoms with Crippen molar-refractivity contribution in [1.29, 1.82) is 0 Å². The van der Waals surface area contributed by atoms with E-state index in [-0.39, 0.29) is 18.4 Å². The van der Waals surface area contributed by atoms with Crippen molar-refractivity contribution < 1.29 is 14.4 Å². The van der Waals surface area contributed by atoms with E-state index >= 15 is 0 Å². The Labute approximate surface area is 261 Å². The van der Waals surface area contributed by atoms with Crippen LogP contribution in [0.25, 0.3) is 32.9 Å². The van der Waals surface area contributed by atoms with Gasteiger partial charge in [0.1, 0.15) is 0 Å². The van der Waals surface area contributed by atoms with Crippen LogP contribution in [0, 0.1) is 0 Å². The minimum absolute atomic E-state index is 0.0317. The molecule has 0 saturated carbocycles. The van der Waals surface area contributed by atoms with Gasteiger partial charge in [-0.3, -0.25) is 14.4 Å². The Bertz CT molecular complexity index is 1920. The molecule has 1 aromatic heterocycles. The number of H-pyrrole nitrogens is 1. The molecule has 0 bridgehead atoms. The number of hydrazine groups is 1. The van der Waals surface area contributed by atoms with Gasteiger partial charge in [0, 0.05) is 79.8 Å². The van der Waals surface area contributed by atoms with Crippen LogP contribution in [-0.2, 0) is 6.54 Å². The first-order valence-electron chi connectivity index (χ1n) is 14.9. The van der Waals surface area contributed by atoms with Crippen molar-refractivity contribution in [3.05, 3.63) is 101 Å². The highest BCUT2D eigenvalue weighted by molar-refractivity contribution is 6.22. The third-order valence-corrected chi connectivity index (χ3v) is 8.52. The monoisotopic (exact) mass is 603 g/mol. The van der Waals surface area contributed by atoms with Crippen LogP contribution < -0.4 is 16.5 Å². The molecule has 10 nitrogen and oxygen atoms in total. The molecule has 4 aromatic carbocycles. The van der Waals surface area contributed by atoms with Crippen molar-refractivity contribution in [3.8, 4) is 11.1 Å². The number of rotatable bonds is 7. The van der Waals surface area contributed by atoms with Crippen molar-refractivity contribution >= 4 is 45.2 Å². The van der Waals surface area contributed by atoms with Gasteiger partial charge >= 0.3 is 0 Å². The second-order valence-electron chi connectivity index (χ2n) is 11.6. The number of benzene rings is 4. The van der Waals surface area contributed by atoms with Crippen molar-refractivity contribution in [3.63, 3.8) is 0 Å². The summed E-state index contributed by atoms with van der Waals surface area (Å²) in [7, 11) is 5.68. The van der Waals surface area contributed by atoms with Crippen LogP contribution in [0.15, 0.2) is 78.9 Å². The summed E-state index contributed by atoms with van der Waals surface area (Å²) >= 11 is 0. The number of amides is 3. The van der Waals surface area contributed by atoms with Crippen LogP contribution in [-0.4, -0.2) is 84.8 Å². The van der Waals surface area contributed by atoms with Gasteiger partial charge in [0.2, 0.25) is 0 Å². The highest BCUT2D eigenvalue weighted by Gasteiger charge is 2.27. The number of carbonyl (C=O) groups excluding carboxylic acids is 3. The maximum Gasteiger partial charge on any atom is 0.272 e. The molecule has 1 aliphatic rings. The second-order valence-corrected chi connectivity index (χ2v) is 11.6. The van der Waals surface area contributed by atoms with Gasteiger partial charge in [-0.25, -0.2) is 10.0 Å². The van der Waals surface area contributed by atoms with Crippen molar-refractivity contribution in [2.75, 3.05) is 52.3 Å². The summed E-state index contributed by atoms with van der Waals surface area (Å²) in [5.74, 6) is -0.809. The average molecular weight is 604 g/mol. The number of primary amides is 1. The van der Waals surface area contributed by atoms with E-state index in [1.807, 2.05) is 79.7 Å². The van der Waals surface area contributed by atoms with Gasteiger partial charge in [0.15, 0.2) is 0 Å². The number of carbonyl (C=O) groups is 3. The predicted octanol–water partition coefficient (Wildman–Crippen LogP) is 4.06. The molecule has 45 heavy (non-hydrogen) atoms. The zero-order valence-electron chi connectivity index (χ0n) is 25.7. The van der Waals surface area contributed by atoms with Gasteiger partial charge in [0.05, 0.1) is 16.8 Å². The SMILES string of the molecule is CN1CCN(C(=O)c2ccc3c(c2)[nH]c2c(C(N)=O)ccc(-c4c(CN)cccc4N(C(=O)c4ccccc4)N(C)C)c23)CC1. The minimum Gasteiger partial charge on any atom is -0.366 e. The molecule has 5 N–H and O–H groups in total. The fraction of sp³-hybridized carbons (Fsp3) is 0.229. The number of likely N-dealkylation sites (N-methyl/N-ethyl adjacent to an activating group) is 1. The maximum absolute atomic E-state index is 13.9. The molecule has 230 valence electrons. The Hall–Kier alpha value is -5.03. The number of anilines is 1. The number of hydrogen-bond acceptors (Lipinski definition) is 6. The van der Waals surface area contributed by atoms with Gasteiger partial charge in [-0.15, -0.1) is 0 Å². The van der Waals surface area contributed by atoms with Crippen LogP contribution in [0.2, 0.25) is 0 Å². The minimum atomic E-state index is -0.576. The van der Waals surface area contributed by atoms with Crippen molar-refractivity contribution in [1.82, 2.24) is 19.8 Å². The molecule has 10 heteroatoms. The molecule has 0 spiro atoms. The normalized spacial score (nSPS) is 13.9. The van der Waals surface area contributed by atoms with E-state index < -0.39 is 5.91 Å². The van der Waals surface area contributed by atoms with E-state index in [0.29, 0.717) is 46.5 Å². The number of aromatic nitrogens is 1. The first-order valence-corrected chi connectivity index (χ1v) is 14.9. The molecule has 0 aliphatic carbocycles. The number of fused-ring (bicyclic) bond motifs is 3. The molecule has 6 rings (SSSR count). The van der Waals surface area contributed by atoms with Gasteiger partial charge in [0.25, 0.3) is 17.7 Å². The van der Waals surface area contributed by atoms with Crippen molar-refractivity contribution in [2.45, 2.75) is 6.54 Å². The Morgan fingerprint density at radius 2 is 1.60 bits per heavy atom. The molecule has 1 fully saturated rings. The number of aromatic amines is 1. The number of nitrogens with zero attached hydrogens (tertiary/aromatic N) is 4. The maximum atomic E-state index is 13.9. The highest BCUT2D eigenvalue weighted by atomic mass is 16.2. The summed E-state index contributed by atoms with van der Waals surface area (Å²) in [4.78, 5) is 47.5. The van der Waals surface area contributed by atoms with Crippen LogP contribution in [0.3, 0.4) is 0 Å². The Morgan fingerprint density at radius 3 is 2.27 bits per heavy atom. The molecule has 5 aromatic rings. The molecule has 3 amide bonds. The van der Waals surface area contributed by atoms with E-state index in [1.54, 1.807) is 28.2 Å². The topological polar surface area (TPSA) is 132 Å². The second kappa shape index (κ2) is 12.2. The Morgan fingerprint density at radius 1 is 0.867 bits per heavy atom. The van der Waals surface area contributed by atoms with E-state index in [0.717, 1.165) is 40.6 Å². The van der Waals surface area contributed by atoms with Gasteiger partial charge in [-0.05, 0) is 54.6 Å². The fourth-order valence-electron chi connectivity index (χ4n) is 6.21. The average Bonchev–Trinajstić information content (AvgIpc) is 3.43. The third-order valence-electron chi connectivity index (χ3n) is 8.52. The van der Waals surface area contributed by atoms with E-state index in [2.05, 4.69) is 16.9 Å². The molecule has 0 unspecified atom stereocenters. The number of piperazine rings is 1. The number of nitrogens with one attached hydrogen (secondary N) is 1. The van der Waals surface area contributed by atoms with Crippen LogP contribution >= 0.6 is 0 Å². The number of hydrogen-bond donors (Lipinski definition) is 3. The molecule has 2 heterocycles. The lowest BCUT2D eigenvalue weighted by Crippen LogP contribution is -2.47. The zero-order valence-corrected chi connectivity index (χ0v) is 25.7. The van der Waals surface area contributed by atoms with E-state index in [4.69, 9.17) is 11.5 Å². The summed E-state index contributed by atoms with van der Waals surface area (Å²) < 4.78 is 0.